The number of rotatable bonds is 6. The van der Waals surface area contributed by atoms with E-state index in [-0.39, 0.29) is 0 Å². The molecule has 0 aliphatic rings. The second kappa shape index (κ2) is 7.22. The number of thioether (sulfide) groups is 1. The Labute approximate surface area is 126 Å². The van der Waals surface area contributed by atoms with Crippen LogP contribution in [0.2, 0.25) is 5.02 Å². The summed E-state index contributed by atoms with van der Waals surface area (Å²) in [5.74, 6) is 0.551. The van der Waals surface area contributed by atoms with Crippen LogP contribution in [-0.2, 0) is 0 Å². The van der Waals surface area contributed by atoms with E-state index in [0.717, 1.165) is 16.4 Å². The molecule has 0 aliphatic carbocycles. The molecule has 0 unspecified atom stereocenters. The van der Waals surface area contributed by atoms with Crippen molar-refractivity contribution in [1.29, 1.82) is 0 Å². The van der Waals surface area contributed by atoms with Crippen molar-refractivity contribution in [3.8, 4) is 5.75 Å². The van der Waals surface area contributed by atoms with Crippen LogP contribution in [0.15, 0.2) is 53.4 Å². The van der Waals surface area contributed by atoms with Crippen molar-refractivity contribution in [2.45, 2.75) is 4.90 Å². The maximum absolute atomic E-state index is 10.9. The highest BCUT2D eigenvalue weighted by Gasteiger charge is 2.03. The van der Waals surface area contributed by atoms with Crippen LogP contribution in [0.5, 0.6) is 5.75 Å². The molecule has 0 aromatic heterocycles. The first-order valence-electron chi connectivity index (χ1n) is 6.00. The molecule has 0 radical (unpaired) electrons. The fourth-order valence-corrected chi connectivity index (χ4v) is 2.56. The highest BCUT2D eigenvalue weighted by molar-refractivity contribution is 7.99. The number of hydrogen-bond donors (Lipinski definition) is 1. The maximum Gasteiger partial charge on any atom is 0.335 e. The second-order valence-corrected chi connectivity index (χ2v) is 5.59. The lowest BCUT2D eigenvalue weighted by Crippen LogP contribution is -2.00. The first-order valence-corrected chi connectivity index (χ1v) is 7.36. The summed E-state index contributed by atoms with van der Waals surface area (Å²) >= 11 is 7.41. The van der Waals surface area contributed by atoms with Crippen molar-refractivity contribution < 1.29 is 14.6 Å². The molecule has 0 heterocycles. The average molecular weight is 309 g/mol. The van der Waals surface area contributed by atoms with E-state index in [1.165, 1.54) is 0 Å². The summed E-state index contributed by atoms with van der Waals surface area (Å²) in [6.45, 7) is 0.530. The summed E-state index contributed by atoms with van der Waals surface area (Å²) in [5.41, 5.74) is 0.297. The third-order valence-electron chi connectivity index (χ3n) is 2.50. The molecular formula is C15H13ClO3S. The van der Waals surface area contributed by atoms with E-state index >= 15 is 0 Å². The van der Waals surface area contributed by atoms with Gasteiger partial charge in [0, 0.05) is 15.7 Å². The van der Waals surface area contributed by atoms with Gasteiger partial charge in [-0.25, -0.2) is 4.79 Å². The van der Waals surface area contributed by atoms with Gasteiger partial charge in [0.15, 0.2) is 0 Å². The molecule has 0 aliphatic heterocycles. The molecule has 2 aromatic rings. The van der Waals surface area contributed by atoms with Crippen LogP contribution in [0, 0.1) is 0 Å². The topological polar surface area (TPSA) is 46.5 Å². The van der Waals surface area contributed by atoms with Crippen molar-refractivity contribution in [1.82, 2.24) is 0 Å². The third-order valence-corrected chi connectivity index (χ3v) is 3.69. The van der Waals surface area contributed by atoms with Crippen molar-refractivity contribution in [2.75, 3.05) is 12.4 Å². The lowest BCUT2D eigenvalue weighted by Gasteiger charge is -2.06. The molecule has 2 aromatic carbocycles. The fourth-order valence-electron chi connectivity index (χ4n) is 1.59. The summed E-state index contributed by atoms with van der Waals surface area (Å²) in [5, 5.41) is 9.55. The Bertz CT molecular complexity index is 601. The number of aromatic carboxylic acids is 1. The van der Waals surface area contributed by atoms with Gasteiger partial charge in [-0.2, -0.15) is 0 Å². The normalized spacial score (nSPS) is 10.2. The van der Waals surface area contributed by atoms with Crippen molar-refractivity contribution in [2.24, 2.45) is 0 Å². The zero-order valence-corrected chi connectivity index (χ0v) is 12.2. The maximum atomic E-state index is 10.9. The number of carboxylic acid groups (broad SMARTS) is 1. The highest BCUT2D eigenvalue weighted by Crippen LogP contribution is 2.21. The SMILES string of the molecule is O=C(O)c1cccc(SCCOc2cccc(Cl)c2)c1. The number of halogens is 1. The molecule has 0 saturated heterocycles. The molecular weight excluding hydrogens is 296 g/mol. The van der Waals surface area contributed by atoms with Crippen LogP contribution in [0.3, 0.4) is 0 Å². The Hall–Kier alpha value is -1.65. The largest absolute Gasteiger partial charge is 0.493 e. The summed E-state index contributed by atoms with van der Waals surface area (Å²) in [6.07, 6.45) is 0. The second-order valence-electron chi connectivity index (χ2n) is 3.99. The fraction of sp³-hybridized carbons (Fsp3) is 0.133. The van der Waals surface area contributed by atoms with E-state index in [9.17, 15) is 4.79 Å². The van der Waals surface area contributed by atoms with Crippen LogP contribution in [0.1, 0.15) is 10.4 Å². The van der Waals surface area contributed by atoms with Crippen LogP contribution in [0.4, 0.5) is 0 Å². The van der Waals surface area contributed by atoms with Crippen molar-refractivity contribution in [3.05, 3.63) is 59.1 Å². The number of carbonyl (C=O) groups is 1. The van der Waals surface area contributed by atoms with Gasteiger partial charge in [-0.15, -0.1) is 11.8 Å². The highest BCUT2D eigenvalue weighted by atomic mass is 35.5. The minimum absolute atomic E-state index is 0.297. The molecule has 0 amide bonds. The average Bonchev–Trinajstić information content (AvgIpc) is 2.44. The van der Waals surface area contributed by atoms with Crippen LogP contribution < -0.4 is 4.74 Å². The van der Waals surface area contributed by atoms with Gasteiger partial charge in [0.05, 0.1) is 12.2 Å². The molecule has 104 valence electrons. The molecule has 0 fully saturated rings. The number of benzene rings is 2. The molecule has 2 rings (SSSR count). The summed E-state index contributed by atoms with van der Waals surface area (Å²) in [7, 11) is 0. The monoisotopic (exact) mass is 308 g/mol. The molecule has 20 heavy (non-hydrogen) atoms. The number of carboxylic acids is 1. The van der Waals surface area contributed by atoms with Crippen LogP contribution in [0.25, 0.3) is 0 Å². The van der Waals surface area contributed by atoms with Gasteiger partial charge in [-0.05, 0) is 36.4 Å². The van der Waals surface area contributed by atoms with E-state index in [1.54, 1.807) is 42.1 Å². The van der Waals surface area contributed by atoms with Crippen LogP contribution >= 0.6 is 23.4 Å². The van der Waals surface area contributed by atoms with Gasteiger partial charge in [-0.1, -0.05) is 23.7 Å². The number of hydrogen-bond acceptors (Lipinski definition) is 3. The molecule has 3 nitrogen and oxygen atoms in total. The molecule has 1 N–H and O–H groups in total. The molecule has 0 saturated carbocycles. The Morgan fingerprint density at radius 1 is 1.20 bits per heavy atom. The minimum atomic E-state index is -0.914. The molecule has 0 spiro atoms. The zero-order valence-electron chi connectivity index (χ0n) is 10.6. The predicted molar refractivity (Wildman–Crippen MR) is 81.1 cm³/mol. The molecule has 5 heteroatoms. The van der Waals surface area contributed by atoms with Gasteiger partial charge >= 0.3 is 5.97 Å². The molecule has 0 atom stereocenters. The van der Waals surface area contributed by atoms with E-state index in [4.69, 9.17) is 21.4 Å². The smallest absolute Gasteiger partial charge is 0.335 e. The van der Waals surface area contributed by atoms with Gasteiger partial charge in [0.25, 0.3) is 0 Å². The lowest BCUT2D eigenvalue weighted by atomic mass is 10.2. The Balaban J connectivity index is 1.81. The van der Waals surface area contributed by atoms with Crippen LogP contribution in [-0.4, -0.2) is 23.4 Å². The van der Waals surface area contributed by atoms with E-state index < -0.39 is 5.97 Å². The Morgan fingerprint density at radius 3 is 2.75 bits per heavy atom. The standard InChI is InChI=1S/C15H13ClO3S/c16-12-4-2-5-13(10-12)19-7-8-20-14-6-1-3-11(9-14)15(17)18/h1-6,9-10H,7-8H2,(H,17,18). The molecule has 0 bridgehead atoms. The summed E-state index contributed by atoms with van der Waals surface area (Å²) in [4.78, 5) is 11.8. The number of ether oxygens (including phenoxy) is 1. The van der Waals surface area contributed by atoms with Gasteiger partial charge < -0.3 is 9.84 Å². The summed E-state index contributed by atoms with van der Waals surface area (Å²) in [6, 6.07) is 14.1. The van der Waals surface area contributed by atoms with E-state index in [2.05, 4.69) is 0 Å². The first kappa shape index (κ1) is 14.8. The third kappa shape index (κ3) is 4.47. The minimum Gasteiger partial charge on any atom is -0.493 e. The van der Waals surface area contributed by atoms with Gasteiger partial charge in [0.1, 0.15) is 5.75 Å². The van der Waals surface area contributed by atoms with Gasteiger partial charge in [0.2, 0.25) is 0 Å². The Morgan fingerprint density at radius 2 is 2.00 bits per heavy atom. The van der Waals surface area contributed by atoms with Crippen molar-refractivity contribution in [3.63, 3.8) is 0 Å². The summed E-state index contributed by atoms with van der Waals surface area (Å²) < 4.78 is 5.56. The van der Waals surface area contributed by atoms with Gasteiger partial charge in [-0.3, -0.25) is 0 Å². The lowest BCUT2D eigenvalue weighted by molar-refractivity contribution is 0.0696. The quantitative estimate of drug-likeness (QED) is 0.641. The van der Waals surface area contributed by atoms with E-state index in [1.807, 2.05) is 18.2 Å². The first-order chi connectivity index (χ1) is 9.65. The zero-order chi connectivity index (χ0) is 14.4. The Kier molecular flexibility index (Phi) is 5.32. The predicted octanol–water partition coefficient (Wildman–Crippen LogP) is 4.21. The van der Waals surface area contributed by atoms with Crippen molar-refractivity contribution >= 4 is 29.3 Å². The van der Waals surface area contributed by atoms with E-state index in [0.29, 0.717) is 17.2 Å².